The fourth-order valence-corrected chi connectivity index (χ4v) is 5.10. The molecule has 1 amide bonds. The lowest BCUT2D eigenvalue weighted by Crippen LogP contribution is -2.42. The summed E-state index contributed by atoms with van der Waals surface area (Å²) >= 11 is 0. The van der Waals surface area contributed by atoms with E-state index in [0.29, 0.717) is 57.0 Å². The summed E-state index contributed by atoms with van der Waals surface area (Å²) in [5, 5.41) is 3.25. The molecule has 2 aliphatic rings. The average molecular weight is 596 g/mol. The van der Waals surface area contributed by atoms with Crippen LogP contribution in [0.2, 0.25) is 0 Å². The summed E-state index contributed by atoms with van der Waals surface area (Å²) in [6, 6.07) is 19.5. The minimum absolute atomic E-state index is 0.330. The highest BCUT2D eigenvalue weighted by atomic mass is 16.6. The van der Waals surface area contributed by atoms with Gasteiger partial charge in [0.1, 0.15) is 18.0 Å². The van der Waals surface area contributed by atoms with E-state index in [-0.39, 0.29) is 6.09 Å². The summed E-state index contributed by atoms with van der Waals surface area (Å²) in [6.07, 6.45) is 2.00. The normalized spacial score (nSPS) is 15.0. The lowest BCUT2D eigenvalue weighted by atomic mass is 10.0. The first-order valence-corrected chi connectivity index (χ1v) is 14.9. The lowest BCUT2D eigenvalue weighted by molar-refractivity contribution is 0.0220. The zero-order valence-electron chi connectivity index (χ0n) is 25.3. The predicted molar refractivity (Wildman–Crippen MR) is 167 cm³/mol. The number of benzene rings is 2. The number of hydrogen-bond acceptors (Lipinski definition) is 10. The van der Waals surface area contributed by atoms with Gasteiger partial charge in [0.15, 0.2) is 5.82 Å². The van der Waals surface area contributed by atoms with Crippen LogP contribution in [0.5, 0.6) is 5.88 Å². The average Bonchev–Trinajstić information content (AvgIpc) is 3.03. The van der Waals surface area contributed by atoms with Crippen molar-refractivity contribution in [2.75, 3.05) is 43.1 Å². The molecule has 2 aromatic heterocycles. The number of nitrogens with one attached hydrogen (secondary N) is 1. The monoisotopic (exact) mass is 595 g/mol. The highest BCUT2D eigenvalue weighted by molar-refractivity contribution is 5.70. The van der Waals surface area contributed by atoms with Crippen molar-refractivity contribution < 1.29 is 19.0 Å². The summed E-state index contributed by atoms with van der Waals surface area (Å²) in [5.41, 5.74) is 4.11. The van der Waals surface area contributed by atoms with Crippen molar-refractivity contribution in [2.45, 2.75) is 45.9 Å². The van der Waals surface area contributed by atoms with Gasteiger partial charge in [-0.3, -0.25) is 0 Å². The number of carbonyl (C=O) groups excluding carboxylic acids is 1. The Bertz CT molecular complexity index is 1590. The quantitative estimate of drug-likeness (QED) is 0.298. The van der Waals surface area contributed by atoms with Crippen molar-refractivity contribution in [3.05, 3.63) is 83.7 Å². The number of hydrogen-bond donors (Lipinski definition) is 1. The van der Waals surface area contributed by atoms with Gasteiger partial charge in [0.2, 0.25) is 11.8 Å². The van der Waals surface area contributed by atoms with E-state index in [2.05, 4.69) is 20.2 Å². The number of aromatic nitrogens is 4. The second-order valence-electron chi connectivity index (χ2n) is 11.7. The van der Waals surface area contributed by atoms with E-state index in [9.17, 15) is 4.79 Å². The first kappa shape index (κ1) is 29.3. The van der Waals surface area contributed by atoms with Gasteiger partial charge < -0.3 is 29.3 Å². The number of anilines is 3. The largest absolute Gasteiger partial charge is 0.473 e. The molecule has 1 fully saturated rings. The van der Waals surface area contributed by atoms with E-state index in [1.165, 1.54) is 0 Å². The van der Waals surface area contributed by atoms with Crippen LogP contribution in [-0.2, 0) is 29.0 Å². The third kappa shape index (κ3) is 7.23. The molecular weight excluding hydrogens is 558 g/mol. The SMILES string of the molecule is CC(C)(C)OC(=O)N1CCc2c(nc(-c3ccc(Nc4nccc(OCc5ccccc5)n4)cc3)nc2N2CCOCC2)C1. The zero-order chi connectivity index (χ0) is 30.5. The van der Waals surface area contributed by atoms with Crippen LogP contribution in [0, 0.1) is 0 Å². The molecule has 1 saturated heterocycles. The summed E-state index contributed by atoms with van der Waals surface area (Å²) in [4.78, 5) is 35.7. The van der Waals surface area contributed by atoms with Crippen molar-refractivity contribution in [1.29, 1.82) is 0 Å². The molecule has 0 bridgehead atoms. The molecule has 0 radical (unpaired) electrons. The van der Waals surface area contributed by atoms with Gasteiger partial charge in [0.05, 0.1) is 25.5 Å². The van der Waals surface area contributed by atoms with Crippen LogP contribution >= 0.6 is 0 Å². The maximum absolute atomic E-state index is 12.9. The molecule has 0 atom stereocenters. The Balaban J connectivity index is 1.20. The van der Waals surface area contributed by atoms with Gasteiger partial charge in [-0.2, -0.15) is 4.98 Å². The fourth-order valence-electron chi connectivity index (χ4n) is 5.10. The molecule has 4 heterocycles. The van der Waals surface area contributed by atoms with Gasteiger partial charge in [-0.15, -0.1) is 0 Å². The third-order valence-corrected chi connectivity index (χ3v) is 7.26. The van der Waals surface area contributed by atoms with Crippen molar-refractivity contribution >= 4 is 23.5 Å². The van der Waals surface area contributed by atoms with E-state index in [4.69, 9.17) is 24.2 Å². The van der Waals surface area contributed by atoms with Crippen molar-refractivity contribution in [3.63, 3.8) is 0 Å². The Morgan fingerprint density at radius 2 is 1.73 bits per heavy atom. The summed E-state index contributed by atoms with van der Waals surface area (Å²) in [6.45, 7) is 9.81. The molecule has 2 aliphatic heterocycles. The standard InChI is InChI=1S/C33H37N7O4/c1-33(2,3)44-32(41)40-16-14-26-27(21-40)36-29(38-30(26)39-17-19-42-20-18-39)24-9-11-25(12-10-24)35-31-34-15-13-28(37-31)43-22-23-7-5-4-6-8-23/h4-13,15H,14,16-22H2,1-3H3,(H,34,35,37). The molecule has 11 heteroatoms. The minimum Gasteiger partial charge on any atom is -0.473 e. The van der Waals surface area contributed by atoms with Crippen LogP contribution in [0.4, 0.5) is 22.2 Å². The topological polar surface area (TPSA) is 115 Å². The molecule has 6 rings (SSSR count). The lowest BCUT2D eigenvalue weighted by Gasteiger charge is -2.34. The molecule has 0 spiro atoms. The Labute approximate surface area is 257 Å². The van der Waals surface area contributed by atoms with Crippen LogP contribution in [0.15, 0.2) is 66.9 Å². The number of rotatable bonds is 7. The molecule has 228 valence electrons. The van der Waals surface area contributed by atoms with Crippen LogP contribution in [0.25, 0.3) is 11.4 Å². The first-order chi connectivity index (χ1) is 21.3. The fraction of sp³-hybridized carbons (Fsp3) is 0.364. The Hall–Kier alpha value is -4.77. The van der Waals surface area contributed by atoms with Crippen molar-refractivity contribution in [2.24, 2.45) is 0 Å². The molecule has 4 aromatic rings. The second-order valence-corrected chi connectivity index (χ2v) is 11.7. The summed E-state index contributed by atoms with van der Waals surface area (Å²) in [7, 11) is 0. The van der Waals surface area contributed by atoms with Gasteiger partial charge in [0.25, 0.3) is 0 Å². The number of amides is 1. The van der Waals surface area contributed by atoms with Crippen LogP contribution in [0.1, 0.15) is 37.6 Å². The van der Waals surface area contributed by atoms with Crippen LogP contribution in [0.3, 0.4) is 0 Å². The molecule has 0 unspecified atom stereocenters. The van der Waals surface area contributed by atoms with Gasteiger partial charge in [-0.05, 0) is 57.0 Å². The Kier molecular flexibility index (Phi) is 8.56. The van der Waals surface area contributed by atoms with Gasteiger partial charge in [0, 0.05) is 48.7 Å². The van der Waals surface area contributed by atoms with Crippen LogP contribution < -0.4 is 15.0 Å². The molecule has 44 heavy (non-hydrogen) atoms. The van der Waals surface area contributed by atoms with Crippen LogP contribution in [-0.4, -0.2) is 69.4 Å². The zero-order valence-corrected chi connectivity index (χ0v) is 25.3. The molecule has 0 saturated carbocycles. The molecule has 11 nitrogen and oxygen atoms in total. The number of nitrogens with zero attached hydrogens (tertiary/aromatic N) is 6. The van der Waals surface area contributed by atoms with Gasteiger partial charge >= 0.3 is 6.09 Å². The van der Waals surface area contributed by atoms with Gasteiger partial charge in [-0.1, -0.05) is 30.3 Å². The summed E-state index contributed by atoms with van der Waals surface area (Å²) < 4.78 is 17.1. The smallest absolute Gasteiger partial charge is 0.410 e. The third-order valence-electron chi connectivity index (χ3n) is 7.26. The van der Waals surface area contributed by atoms with E-state index >= 15 is 0 Å². The van der Waals surface area contributed by atoms with Crippen molar-refractivity contribution in [3.8, 4) is 17.3 Å². The number of carbonyl (C=O) groups is 1. The van der Waals surface area contributed by atoms with Gasteiger partial charge in [-0.25, -0.2) is 19.7 Å². The number of ether oxygens (including phenoxy) is 3. The predicted octanol–water partition coefficient (Wildman–Crippen LogP) is 5.39. The second kappa shape index (κ2) is 12.8. The first-order valence-electron chi connectivity index (χ1n) is 14.9. The number of fused-ring (bicyclic) bond motifs is 1. The Morgan fingerprint density at radius 1 is 0.955 bits per heavy atom. The van der Waals surface area contributed by atoms with E-state index < -0.39 is 5.60 Å². The highest BCUT2D eigenvalue weighted by Gasteiger charge is 2.30. The van der Waals surface area contributed by atoms with Crippen molar-refractivity contribution in [1.82, 2.24) is 24.8 Å². The van der Waals surface area contributed by atoms with E-state index in [1.807, 2.05) is 75.4 Å². The highest BCUT2D eigenvalue weighted by Crippen LogP contribution is 2.31. The number of morpholine rings is 1. The molecular formula is C33H37N7O4. The molecule has 0 aliphatic carbocycles. The maximum Gasteiger partial charge on any atom is 0.410 e. The van der Waals surface area contributed by atoms with E-state index in [1.54, 1.807) is 17.2 Å². The summed E-state index contributed by atoms with van der Waals surface area (Å²) in [5.74, 6) is 2.45. The molecule has 1 N–H and O–H groups in total. The molecule has 2 aromatic carbocycles. The minimum atomic E-state index is -0.565. The van der Waals surface area contributed by atoms with E-state index in [0.717, 1.165) is 47.0 Å². The Morgan fingerprint density at radius 3 is 2.48 bits per heavy atom. The maximum atomic E-state index is 12.9.